The number of carbonyl (C=O) groups excluding carboxylic acids is 2. The predicted molar refractivity (Wildman–Crippen MR) is 168 cm³/mol. The first-order valence-corrected chi connectivity index (χ1v) is 15.6. The molecule has 1 N–H and O–H groups in total. The van der Waals surface area contributed by atoms with Gasteiger partial charge in [0.2, 0.25) is 11.8 Å². The number of anilines is 1. The summed E-state index contributed by atoms with van der Waals surface area (Å²) in [6.45, 7) is 3.00. The van der Waals surface area contributed by atoms with Gasteiger partial charge in [-0.1, -0.05) is 60.7 Å². The number of ether oxygens (including phenoxy) is 1. The fourth-order valence-electron chi connectivity index (χ4n) is 4.72. The van der Waals surface area contributed by atoms with Crippen LogP contribution in [-0.2, 0) is 32.6 Å². The van der Waals surface area contributed by atoms with Crippen molar-refractivity contribution in [1.29, 1.82) is 0 Å². The molecule has 0 radical (unpaired) electrons. The molecule has 0 heterocycles. The largest absolute Gasteiger partial charge is 0.497 e. The Bertz CT molecular complexity index is 1630. The van der Waals surface area contributed by atoms with Crippen LogP contribution in [0.2, 0.25) is 0 Å². The first-order chi connectivity index (χ1) is 21.1. The van der Waals surface area contributed by atoms with Gasteiger partial charge in [0.1, 0.15) is 24.2 Å². The minimum absolute atomic E-state index is 0.00656. The number of nitrogens with one attached hydrogen (secondary N) is 1. The monoisotopic (exact) mass is 617 g/mol. The molecule has 0 aliphatic heterocycles. The minimum Gasteiger partial charge on any atom is -0.497 e. The third-order valence-electron chi connectivity index (χ3n) is 6.94. The Labute approximate surface area is 258 Å². The standard InChI is InChI=1S/C34H36FN3O5S/c1-25(2)36-34(40)32(22-26-10-6-4-7-11-26)37(23-27-14-16-28(35)17-15-27)33(39)24-38(29-18-20-30(43-3)21-19-29)44(41,42)31-12-8-5-9-13-31/h4-21,25,32H,22-24H2,1-3H3,(H,36,40)/t32-/m0/s1. The van der Waals surface area contributed by atoms with Crippen molar-refractivity contribution in [2.24, 2.45) is 0 Å². The second-order valence-electron chi connectivity index (χ2n) is 10.5. The third kappa shape index (κ3) is 8.23. The van der Waals surface area contributed by atoms with E-state index >= 15 is 0 Å². The number of nitrogens with zero attached hydrogens (tertiary/aromatic N) is 2. The summed E-state index contributed by atoms with van der Waals surface area (Å²) in [6, 6.07) is 27.9. The molecule has 0 aromatic heterocycles. The van der Waals surface area contributed by atoms with Crippen LogP contribution >= 0.6 is 0 Å². The lowest BCUT2D eigenvalue weighted by Crippen LogP contribution is -2.54. The van der Waals surface area contributed by atoms with Gasteiger partial charge in [0, 0.05) is 19.0 Å². The van der Waals surface area contributed by atoms with Crippen molar-refractivity contribution in [2.45, 2.75) is 43.8 Å². The molecule has 0 unspecified atom stereocenters. The lowest BCUT2D eigenvalue weighted by Gasteiger charge is -2.34. The molecule has 4 aromatic rings. The van der Waals surface area contributed by atoms with E-state index in [0.29, 0.717) is 11.3 Å². The van der Waals surface area contributed by atoms with Gasteiger partial charge in [-0.05, 0) is 73.5 Å². The van der Waals surface area contributed by atoms with E-state index in [4.69, 9.17) is 4.74 Å². The number of methoxy groups -OCH3 is 1. The number of hydrogen-bond donors (Lipinski definition) is 1. The van der Waals surface area contributed by atoms with Gasteiger partial charge in [-0.15, -0.1) is 0 Å². The van der Waals surface area contributed by atoms with E-state index in [9.17, 15) is 22.4 Å². The van der Waals surface area contributed by atoms with E-state index in [1.54, 1.807) is 42.5 Å². The quantitative estimate of drug-likeness (QED) is 0.223. The third-order valence-corrected chi connectivity index (χ3v) is 8.73. The Hall–Kier alpha value is -4.70. The average Bonchev–Trinajstić information content (AvgIpc) is 3.03. The average molecular weight is 618 g/mol. The number of benzene rings is 4. The molecule has 0 aliphatic rings. The maximum absolute atomic E-state index is 14.4. The highest BCUT2D eigenvalue weighted by Crippen LogP contribution is 2.27. The SMILES string of the molecule is COc1ccc(N(CC(=O)N(Cc2ccc(F)cc2)[C@@H](Cc2ccccc2)C(=O)NC(C)C)S(=O)(=O)c2ccccc2)cc1. The fraction of sp³-hybridized carbons (Fsp3) is 0.235. The Morgan fingerprint density at radius 1 is 0.818 bits per heavy atom. The second kappa shape index (κ2) is 14.7. The molecule has 0 saturated heterocycles. The Morgan fingerprint density at radius 3 is 1.98 bits per heavy atom. The van der Waals surface area contributed by atoms with Crippen molar-refractivity contribution in [1.82, 2.24) is 10.2 Å². The van der Waals surface area contributed by atoms with Crippen LogP contribution in [0.25, 0.3) is 0 Å². The smallest absolute Gasteiger partial charge is 0.264 e. The molecule has 4 rings (SSSR count). The summed E-state index contributed by atoms with van der Waals surface area (Å²) in [6.07, 6.45) is 0.181. The summed E-state index contributed by atoms with van der Waals surface area (Å²) in [4.78, 5) is 29.4. The Kier molecular flexibility index (Phi) is 10.7. The topological polar surface area (TPSA) is 96.0 Å². The predicted octanol–water partition coefficient (Wildman–Crippen LogP) is 5.19. The zero-order valence-corrected chi connectivity index (χ0v) is 25.7. The molecular weight excluding hydrogens is 581 g/mol. The lowest BCUT2D eigenvalue weighted by molar-refractivity contribution is -0.140. The van der Waals surface area contributed by atoms with E-state index in [2.05, 4.69) is 5.32 Å². The van der Waals surface area contributed by atoms with Gasteiger partial charge < -0.3 is 15.0 Å². The van der Waals surface area contributed by atoms with Crippen molar-refractivity contribution in [3.63, 3.8) is 0 Å². The first-order valence-electron chi connectivity index (χ1n) is 14.2. The van der Waals surface area contributed by atoms with Gasteiger partial charge in [0.05, 0.1) is 17.7 Å². The van der Waals surface area contributed by atoms with E-state index in [0.717, 1.165) is 9.87 Å². The van der Waals surface area contributed by atoms with Crippen molar-refractivity contribution in [3.8, 4) is 5.75 Å². The Balaban J connectivity index is 1.79. The molecule has 2 amide bonds. The lowest BCUT2D eigenvalue weighted by atomic mass is 10.0. The molecule has 0 spiro atoms. The summed E-state index contributed by atoms with van der Waals surface area (Å²) < 4.78 is 48.0. The minimum atomic E-state index is -4.21. The number of hydrogen-bond acceptors (Lipinski definition) is 5. The summed E-state index contributed by atoms with van der Waals surface area (Å²) >= 11 is 0. The number of amides is 2. The molecular formula is C34H36FN3O5S. The molecule has 10 heteroatoms. The van der Waals surface area contributed by atoms with Crippen LogP contribution < -0.4 is 14.4 Å². The Morgan fingerprint density at radius 2 is 1.41 bits per heavy atom. The number of halogens is 1. The molecule has 0 bridgehead atoms. The van der Waals surface area contributed by atoms with E-state index in [1.807, 2.05) is 44.2 Å². The van der Waals surface area contributed by atoms with Crippen LogP contribution in [0, 0.1) is 5.82 Å². The first kappa shape index (κ1) is 32.2. The molecule has 8 nitrogen and oxygen atoms in total. The molecule has 44 heavy (non-hydrogen) atoms. The summed E-state index contributed by atoms with van der Waals surface area (Å²) in [5.41, 5.74) is 1.64. The molecule has 230 valence electrons. The molecule has 0 aliphatic carbocycles. The zero-order valence-electron chi connectivity index (χ0n) is 24.9. The zero-order chi connectivity index (χ0) is 31.7. The van der Waals surface area contributed by atoms with Crippen molar-refractivity contribution >= 4 is 27.5 Å². The fourth-order valence-corrected chi connectivity index (χ4v) is 6.15. The van der Waals surface area contributed by atoms with Crippen molar-refractivity contribution in [2.75, 3.05) is 18.0 Å². The van der Waals surface area contributed by atoms with Crippen LogP contribution in [-0.4, -0.2) is 50.9 Å². The summed E-state index contributed by atoms with van der Waals surface area (Å²) in [5, 5.41) is 2.91. The van der Waals surface area contributed by atoms with Gasteiger partial charge in [-0.2, -0.15) is 0 Å². The normalized spacial score (nSPS) is 11.9. The highest BCUT2D eigenvalue weighted by molar-refractivity contribution is 7.92. The second-order valence-corrected chi connectivity index (χ2v) is 12.4. The van der Waals surface area contributed by atoms with Crippen LogP contribution in [0.3, 0.4) is 0 Å². The van der Waals surface area contributed by atoms with Crippen molar-refractivity contribution < 1.29 is 27.1 Å². The highest BCUT2D eigenvalue weighted by Gasteiger charge is 2.34. The number of rotatable bonds is 13. The van der Waals surface area contributed by atoms with Crippen LogP contribution in [0.5, 0.6) is 5.75 Å². The van der Waals surface area contributed by atoms with E-state index in [-0.39, 0.29) is 35.5 Å². The van der Waals surface area contributed by atoms with Crippen LogP contribution in [0.1, 0.15) is 25.0 Å². The maximum atomic E-state index is 14.4. The summed E-state index contributed by atoms with van der Waals surface area (Å²) in [7, 11) is -2.71. The molecule has 1 atom stereocenters. The maximum Gasteiger partial charge on any atom is 0.264 e. The van der Waals surface area contributed by atoms with Gasteiger partial charge in [0.15, 0.2) is 0 Å². The molecule has 4 aromatic carbocycles. The van der Waals surface area contributed by atoms with Gasteiger partial charge in [-0.3, -0.25) is 13.9 Å². The van der Waals surface area contributed by atoms with Crippen LogP contribution in [0.15, 0.2) is 114 Å². The van der Waals surface area contributed by atoms with E-state index < -0.39 is 34.3 Å². The van der Waals surface area contributed by atoms with Crippen molar-refractivity contribution in [3.05, 3.63) is 126 Å². The van der Waals surface area contributed by atoms with Crippen LogP contribution in [0.4, 0.5) is 10.1 Å². The molecule has 0 fully saturated rings. The van der Waals surface area contributed by atoms with E-state index in [1.165, 1.54) is 48.4 Å². The van der Waals surface area contributed by atoms with Gasteiger partial charge in [0.25, 0.3) is 10.0 Å². The number of carbonyl (C=O) groups is 2. The summed E-state index contributed by atoms with van der Waals surface area (Å²) in [5.74, 6) is -0.918. The van der Waals surface area contributed by atoms with Gasteiger partial charge >= 0.3 is 0 Å². The molecule has 0 saturated carbocycles. The van der Waals surface area contributed by atoms with Gasteiger partial charge in [-0.25, -0.2) is 12.8 Å². The highest BCUT2D eigenvalue weighted by atomic mass is 32.2. The number of sulfonamides is 1.